The highest BCUT2D eigenvalue weighted by Gasteiger charge is 2.05. The Labute approximate surface area is 157 Å². The summed E-state index contributed by atoms with van der Waals surface area (Å²) in [6.45, 7) is 5.57. The zero-order valence-electron chi connectivity index (χ0n) is 15.4. The van der Waals surface area contributed by atoms with Crippen LogP contribution in [0.15, 0.2) is 61.3 Å². The van der Waals surface area contributed by atoms with E-state index in [-0.39, 0.29) is 0 Å². The largest absolute Gasteiger partial charge is 0.309 e. The standard InChI is InChI=1S/C20H21N7/c1-15-9-16(2)27(25-15)20-8-5-18(12-23-20)11-21-10-17-3-6-19(7-4-17)26-14-22-13-24-26/h3-9,12-14,21H,10-11H2,1-2H3. The molecule has 136 valence electrons. The van der Waals surface area contributed by atoms with Crippen molar-refractivity contribution in [3.8, 4) is 11.5 Å². The minimum atomic E-state index is 0.759. The summed E-state index contributed by atoms with van der Waals surface area (Å²) in [7, 11) is 0. The smallest absolute Gasteiger partial charge is 0.153 e. The minimum Gasteiger partial charge on any atom is -0.309 e. The van der Waals surface area contributed by atoms with Gasteiger partial charge in [0.05, 0.1) is 11.4 Å². The van der Waals surface area contributed by atoms with Crippen LogP contribution in [-0.2, 0) is 13.1 Å². The molecule has 7 nitrogen and oxygen atoms in total. The summed E-state index contributed by atoms with van der Waals surface area (Å²) >= 11 is 0. The highest BCUT2D eigenvalue weighted by atomic mass is 15.3. The van der Waals surface area contributed by atoms with Crippen LogP contribution < -0.4 is 5.32 Å². The second-order valence-corrected chi connectivity index (χ2v) is 6.47. The van der Waals surface area contributed by atoms with E-state index in [0.717, 1.165) is 41.5 Å². The molecule has 0 aliphatic heterocycles. The number of pyridine rings is 1. The number of benzene rings is 1. The van der Waals surface area contributed by atoms with Gasteiger partial charge in [0.1, 0.15) is 12.7 Å². The highest BCUT2D eigenvalue weighted by molar-refractivity contribution is 5.33. The molecule has 0 radical (unpaired) electrons. The van der Waals surface area contributed by atoms with E-state index in [2.05, 4.69) is 43.7 Å². The Kier molecular flexibility index (Phi) is 4.76. The van der Waals surface area contributed by atoms with Gasteiger partial charge < -0.3 is 5.32 Å². The Morgan fingerprint density at radius 3 is 2.37 bits per heavy atom. The molecule has 0 aliphatic carbocycles. The predicted octanol–water partition coefficient (Wildman–Crippen LogP) is 2.75. The molecule has 0 bridgehead atoms. The lowest BCUT2D eigenvalue weighted by Gasteiger charge is -2.08. The molecule has 1 N–H and O–H groups in total. The summed E-state index contributed by atoms with van der Waals surface area (Å²) in [5, 5.41) is 12.0. The van der Waals surface area contributed by atoms with Gasteiger partial charge in [0.2, 0.25) is 0 Å². The van der Waals surface area contributed by atoms with Crippen LogP contribution in [0.5, 0.6) is 0 Å². The maximum absolute atomic E-state index is 4.53. The summed E-state index contributed by atoms with van der Waals surface area (Å²) < 4.78 is 3.61. The molecule has 7 heteroatoms. The van der Waals surface area contributed by atoms with Gasteiger partial charge in [-0.3, -0.25) is 0 Å². The lowest BCUT2D eigenvalue weighted by atomic mass is 10.2. The number of hydrogen-bond acceptors (Lipinski definition) is 5. The number of hydrogen-bond donors (Lipinski definition) is 1. The van der Waals surface area contributed by atoms with Gasteiger partial charge in [0, 0.05) is 25.0 Å². The lowest BCUT2D eigenvalue weighted by molar-refractivity contribution is 0.689. The van der Waals surface area contributed by atoms with E-state index in [1.165, 1.54) is 11.9 Å². The van der Waals surface area contributed by atoms with Crippen LogP contribution in [0.4, 0.5) is 0 Å². The van der Waals surface area contributed by atoms with Gasteiger partial charge in [0.15, 0.2) is 5.82 Å². The number of aryl methyl sites for hydroxylation is 2. The summed E-state index contributed by atoms with van der Waals surface area (Å²) in [5.74, 6) is 0.841. The third-order valence-electron chi connectivity index (χ3n) is 4.31. The number of aromatic nitrogens is 6. The number of rotatable bonds is 6. The number of nitrogens with zero attached hydrogens (tertiary/aromatic N) is 6. The van der Waals surface area contributed by atoms with Crippen molar-refractivity contribution in [2.24, 2.45) is 0 Å². The minimum absolute atomic E-state index is 0.759. The monoisotopic (exact) mass is 359 g/mol. The zero-order valence-corrected chi connectivity index (χ0v) is 15.4. The normalized spacial score (nSPS) is 11.0. The van der Waals surface area contributed by atoms with E-state index in [4.69, 9.17) is 0 Å². The van der Waals surface area contributed by atoms with Gasteiger partial charge in [-0.2, -0.15) is 10.2 Å². The Morgan fingerprint density at radius 1 is 0.963 bits per heavy atom. The average Bonchev–Trinajstić information content (AvgIpc) is 3.33. The van der Waals surface area contributed by atoms with E-state index in [1.807, 2.05) is 49.0 Å². The fourth-order valence-corrected chi connectivity index (χ4v) is 2.97. The molecule has 0 saturated heterocycles. The highest BCUT2D eigenvalue weighted by Crippen LogP contribution is 2.11. The molecular weight excluding hydrogens is 338 g/mol. The molecule has 1 aromatic carbocycles. The van der Waals surface area contributed by atoms with Crippen molar-refractivity contribution >= 4 is 0 Å². The van der Waals surface area contributed by atoms with Crippen molar-refractivity contribution in [2.45, 2.75) is 26.9 Å². The Bertz CT molecular complexity index is 1000. The zero-order chi connectivity index (χ0) is 18.6. The third-order valence-corrected chi connectivity index (χ3v) is 4.31. The first kappa shape index (κ1) is 17.1. The van der Waals surface area contributed by atoms with Crippen molar-refractivity contribution in [3.05, 3.63) is 83.8 Å². The van der Waals surface area contributed by atoms with Crippen LogP contribution in [0.2, 0.25) is 0 Å². The van der Waals surface area contributed by atoms with E-state index >= 15 is 0 Å². The molecule has 27 heavy (non-hydrogen) atoms. The van der Waals surface area contributed by atoms with Crippen LogP contribution in [0, 0.1) is 13.8 Å². The fourth-order valence-electron chi connectivity index (χ4n) is 2.97. The molecule has 3 heterocycles. The molecular formula is C20H21N7. The van der Waals surface area contributed by atoms with Gasteiger partial charge in [-0.05, 0) is 49.2 Å². The van der Waals surface area contributed by atoms with Gasteiger partial charge in [-0.1, -0.05) is 18.2 Å². The molecule has 0 unspecified atom stereocenters. The third kappa shape index (κ3) is 3.93. The van der Waals surface area contributed by atoms with E-state index in [9.17, 15) is 0 Å². The van der Waals surface area contributed by atoms with Crippen molar-refractivity contribution in [3.63, 3.8) is 0 Å². The number of nitrogens with one attached hydrogen (secondary N) is 1. The predicted molar refractivity (Wildman–Crippen MR) is 103 cm³/mol. The summed E-state index contributed by atoms with van der Waals surface area (Å²) in [4.78, 5) is 8.50. The molecule has 0 amide bonds. The topological polar surface area (TPSA) is 73.5 Å². The Hall–Kier alpha value is -3.32. The van der Waals surface area contributed by atoms with Gasteiger partial charge in [0.25, 0.3) is 0 Å². The fraction of sp³-hybridized carbons (Fsp3) is 0.200. The molecule has 4 aromatic rings. The van der Waals surface area contributed by atoms with Crippen LogP contribution >= 0.6 is 0 Å². The molecule has 0 saturated carbocycles. The maximum Gasteiger partial charge on any atom is 0.153 e. The van der Waals surface area contributed by atoms with Crippen LogP contribution in [0.1, 0.15) is 22.5 Å². The average molecular weight is 359 g/mol. The van der Waals surface area contributed by atoms with Gasteiger partial charge in [-0.15, -0.1) is 0 Å². The molecule has 0 spiro atoms. The quantitative estimate of drug-likeness (QED) is 0.573. The van der Waals surface area contributed by atoms with Crippen LogP contribution in [0.3, 0.4) is 0 Å². The van der Waals surface area contributed by atoms with Crippen molar-refractivity contribution < 1.29 is 0 Å². The van der Waals surface area contributed by atoms with Crippen molar-refractivity contribution in [2.75, 3.05) is 0 Å². The second kappa shape index (κ2) is 7.51. The molecule has 0 fully saturated rings. The van der Waals surface area contributed by atoms with Crippen LogP contribution in [-0.4, -0.2) is 29.5 Å². The molecule has 0 atom stereocenters. The molecule has 4 rings (SSSR count). The Morgan fingerprint density at radius 2 is 1.74 bits per heavy atom. The van der Waals surface area contributed by atoms with Crippen molar-refractivity contribution in [1.82, 2.24) is 34.8 Å². The van der Waals surface area contributed by atoms with E-state index in [1.54, 1.807) is 11.0 Å². The SMILES string of the molecule is Cc1cc(C)n(-c2ccc(CNCc3ccc(-n4cncn4)cc3)cn2)n1. The maximum atomic E-state index is 4.53. The first-order chi connectivity index (χ1) is 13.2. The molecule has 3 aromatic heterocycles. The van der Waals surface area contributed by atoms with Gasteiger partial charge >= 0.3 is 0 Å². The first-order valence-electron chi connectivity index (χ1n) is 8.82. The van der Waals surface area contributed by atoms with Crippen molar-refractivity contribution in [1.29, 1.82) is 0 Å². The first-order valence-corrected chi connectivity index (χ1v) is 8.82. The van der Waals surface area contributed by atoms with Crippen LogP contribution in [0.25, 0.3) is 11.5 Å². The summed E-state index contributed by atoms with van der Waals surface area (Å²) in [5.41, 5.74) is 5.43. The lowest BCUT2D eigenvalue weighted by Crippen LogP contribution is -2.13. The van der Waals surface area contributed by atoms with Gasteiger partial charge in [-0.25, -0.2) is 19.3 Å². The second-order valence-electron chi connectivity index (χ2n) is 6.47. The summed E-state index contributed by atoms with van der Waals surface area (Å²) in [6.07, 6.45) is 5.12. The van der Waals surface area contributed by atoms with E-state index < -0.39 is 0 Å². The van der Waals surface area contributed by atoms with E-state index in [0.29, 0.717) is 0 Å². The summed E-state index contributed by atoms with van der Waals surface area (Å²) in [6, 6.07) is 14.4. The molecule has 0 aliphatic rings. The Balaban J connectivity index is 1.33.